The maximum absolute atomic E-state index is 11.9. The molecule has 4 unspecified atom stereocenters. The monoisotopic (exact) mass is 324 g/mol. The quantitative estimate of drug-likeness (QED) is 0.841. The minimum Gasteiger partial charge on any atom is -0.493 e. The molecule has 0 aliphatic carbocycles. The zero-order valence-electron chi connectivity index (χ0n) is 13.3. The third-order valence-corrected chi connectivity index (χ3v) is 5.47. The van der Waals surface area contributed by atoms with E-state index in [1.54, 1.807) is 6.26 Å². The van der Waals surface area contributed by atoms with E-state index in [1.165, 1.54) is 0 Å². The minimum atomic E-state index is -0.851. The van der Waals surface area contributed by atoms with Gasteiger partial charge in [-0.05, 0) is 19.4 Å². The summed E-state index contributed by atoms with van der Waals surface area (Å²) in [5.74, 6) is 1.07. The molecule has 0 saturated carbocycles. The second-order valence-electron chi connectivity index (χ2n) is 5.74. The van der Waals surface area contributed by atoms with Crippen LogP contribution in [0, 0.1) is 0 Å². The number of rotatable bonds is 6. The lowest BCUT2D eigenvalue weighted by atomic mass is 9.94. The summed E-state index contributed by atoms with van der Waals surface area (Å²) < 4.78 is 16.9. The van der Waals surface area contributed by atoms with Crippen molar-refractivity contribution >= 4 is 16.8 Å². The molecule has 0 aromatic heterocycles. The smallest absolute Gasteiger partial charge is 0.315 e. The van der Waals surface area contributed by atoms with E-state index >= 15 is 0 Å². The topological polar surface area (TPSA) is 67.4 Å². The van der Waals surface area contributed by atoms with Crippen LogP contribution in [0.25, 0.3) is 0 Å². The van der Waals surface area contributed by atoms with Gasteiger partial charge in [-0.2, -0.15) is 0 Å². The van der Waals surface area contributed by atoms with Crippen LogP contribution in [0.15, 0.2) is 24.3 Å². The average molecular weight is 324 g/mol. The van der Waals surface area contributed by atoms with Crippen molar-refractivity contribution < 1.29 is 13.7 Å². The second-order valence-corrected chi connectivity index (χ2v) is 7.54. The molecule has 2 amide bonds. The molecular weight excluding hydrogens is 300 g/mol. The Morgan fingerprint density at radius 1 is 1.41 bits per heavy atom. The van der Waals surface area contributed by atoms with Crippen molar-refractivity contribution in [3.05, 3.63) is 29.8 Å². The van der Waals surface area contributed by atoms with Gasteiger partial charge in [0.05, 0.1) is 6.61 Å². The third-order valence-electron chi connectivity index (χ3n) is 4.10. The maximum Gasteiger partial charge on any atom is 0.315 e. The van der Waals surface area contributed by atoms with Crippen molar-refractivity contribution in [1.82, 2.24) is 10.6 Å². The van der Waals surface area contributed by atoms with E-state index < -0.39 is 10.8 Å². The number of amides is 2. The molecule has 5 nitrogen and oxygen atoms in total. The first-order valence-corrected chi connectivity index (χ1v) is 9.19. The van der Waals surface area contributed by atoms with Crippen LogP contribution in [-0.2, 0) is 10.8 Å². The predicted molar refractivity (Wildman–Crippen MR) is 88.8 cm³/mol. The van der Waals surface area contributed by atoms with E-state index in [0.29, 0.717) is 19.6 Å². The van der Waals surface area contributed by atoms with E-state index in [0.717, 1.165) is 11.3 Å². The van der Waals surface area contributed by atoms with Gasteiger partial charge in [-0.3, -0.25) is 4.21 Å². The van der Waals surface area contributed by atoms with Crippen molar-refractivity contribution in [3.63, 3.8) is 0 Å². The van der Waals surface area contributed by atoms with E-state index in [9.17, 15) is 9.00 Å². The summed E-state index contributed by atoms with van der Waals surface area (Å²) in [6.45, 7) is 5.02. The van der Waals surface area contributed by atoms with Crippen LogP contribution >= 0.6 is 0 Å². The Bertz CT molecular complexity index is 550. The molecule has 0 spiro atoms. The van der Waals surface area contributed by atoms with Gasteiger partial charge in [-0.1, -0.05) is 25.1 Å². The Labute approximate surface area is 134 Å². The SMILES string of the molecule is CC(NC(=O)NCCC(C)S(C)=O)C1COc2ccccc21. The number of nitrogens with one attached hydrogen (secondary N) is 2. The number of carbonyl (C=O) groups excluding carboxylic acids is 1. The minimum absolute atomic E-state index is 0.0126. The first-order chi connectivity index (χ1) is 10.5. The molecule has 6 heteroatoms. The largest absolute Gasteiger partial charge is 0.493 e. The number of benzene rings is 1. The predicted octanol–water partition coefficient (Wildman–Crippen LogP) is 2.01. The fourth-order valence-electron chi connectivity index (χ4n) is 2.51. The number of hydrogen-bond acceptors (Lipinski definition) is 3. The molecule has 22 heavy (non-hydrogen) atoms. The van der Waals surface area contributed by atoms with Gasteiger partial charge >= 0.3 is 6.03 Å². The number of urea groups is 1. The highest BCUT2D eigenvalue weighted by atomic mass is 32.2. The van der Waals surface area contributed by atoms with Gasteiger partial charge < -0.3 is 15.4 Å². The summed E-state index contributed by atoms with van der Waals surface area (Å²) in [6, 6.07) is 7.73. The van der Waals surface area contributed by atoms with E-state index in [-0.39, 0.29) is 23.2 Å². The van der Waals surface area contributed by atoms with Crippen molar-refractivity contribution in [2.45, 2.75) is 37.5 Å². The lowest BCUT2D eigenvalue weighted by Crippen LogP contribution is -2.44. The van der Waals surface area contributed by atoms with Crippen LogP contribution in [0.1, 0.15) is 31.7 Å². The molecule has 0 bridgehead atoms. The lowest BCUT2D eigenvalue weighted by Gasteiger charge is -2.20. The zero-order chi connectivity index (χ0) is 16.1. The van der Waals surface area contributed by atoms with Crippen LogP contribution in [-0.4, -0.2) is 40.9 Å². The third kappa shape index (κ3) is 4.22. The standard InChI is InChI=1S/C16H24N2O3S/c1-11(22(3)20)8-9-17-16(19)18-12(2)14-10-21-15-7-5-4-6-13(14)15/h4-7,11-12,14H,8-10H2,1-3H3,(H2,17,18,19). The van der Waals surface area contributed by atoms with Crippen molar-refractivity contribution in [2.24, 2.45) is 0 Å². The summed E-state index contributed by atoms with van der Waals surface area (Å²) in [6.07, 6.45) is 2.39. The molecule has 122 valence electrons. The van der Waals surface area contributed by atoms with Crippen LogP contribution < -0.4 is 15.4 Å². The number of fused-ring (bicyclic) bond motifs is 1. The Hall–Kier alpha value is -1.56. The fourth-order valence-corrected chi connectivity index (χ4v) is 2.96. The summed E-state index contributed by atoms with van der Waals surface area (Å²) in [7, 11) is -0.851. The van der Waals surface area contributed by atoms with Crippen LogP contribution in [0.2, 0.25) is 0 Å². The van der Waals surface area contributed by atoms with Gasteiger partial charge in [0, 0.05) is 46.4 Å². The number of para-hydroxylation sites is 1. The first-order valence-electron chi connectivity index (χ1n) is 7.57. The second kappa shape index (κ2) is 7.63. The van der Waals surface area contributed by atoms with E-state index in [2.05, 4.69) is 10.6 Å². The van der Waals surface area contributed by atoms with E-state index in [1.807, 2.05) is 38.1 Å². The highest BCUT2D eigenvalue weighted by molar-refractivity contribution is 7.84. The maximum atomic E-state index is 11.9. The molecule has 4 atom stereocenters. The summed E-state index contributed by atoms with van der Waals surface area (Å²) >= 11 is 0. The Morgan fingerprint density at radius 2 is 2.14 bits per heavy atom. The molecule has 1 aliphatic rings. The average Bonchev–Trinajstić information content (AvgIpc) is 2.90. The van der Waals surface area contributed by atoms with Gasteiger partial charge in [0.25, 0.3) is 0 Å². The van der Waals surface area contributed by atoms with Gasteiger partial charge in [0.15, 0.2) is 0 Å². The lowest BCUT2D eigenvalue weighted by molar-refractivity contribution is 0.233. The molecule has 1 aromatic carbocycles. The Balaban J connectivity index is 1.79. The Kier molecular flexibility index (Phi) is 5.83. The van der Waals surface area contributed by atoms with Crippen molar-refractivity contribution in [3.8, 4) is 5.75 Å². The number of hydrogen-bond donors (Lipinski definition) is 2. The van der Waals surface area contributed by atoms with Crippen LogP contribution in [0.5, 0.6) is 5.75 Å². The summed E-state index contributed by atoms with van der Waals surface area (Å²) in [4.78, 5) is 11.9. The summed E-state index contributed by atoms with van der Waals surface area (Å²) in [5.41, 5.74) is 1.14. The molecule has 0 saturated heterocycles. The van der Waals surface area contributed by atoms with Crippen molar-refractivity contribution in [1.29, 1.82) is 0 Å². The van der Waals surface area contributed by atoms with Crippen LogP contribution in [0.4, 0.5) is 4.79 Å². The van der Waals surface area contributed by atoms with Gasteiger partial charge in [-0.25, -0.2) is 4.79 Å². The van der Waals surface area contributed by atoms with Gasteiger partial charge in [0.1, 0.15) is 5.75 Å². The molecular formula is C16H24N2O3S. The zero-order valence-corrected chi connectivity index (χ0v) is 14.1. The highest BCUT2D eigenvalue weighted by Gasteiger charge is 2.29. The van der Waals surface area contributed by atoms with E-state index in [4.69, 9.17) is 4.74 Å². The van der Waals surface area contributed by atoms with Crippen molar-refractivity contribution in [2.75, 3.05) is 19.4 Å². The van der Waals surface area contributed by atoms with Gasteiger partial charge in [-0.15, -0.1) is 0 Å². The summed E-state index contributed by atoms with van der Waals surface area (Å²) in [5, 5.41) is 5.87. The molecule has 1 heterocycles. The number of ether oxygens (including phenoxy) is 1. The number of carbonyl (C=O) groups is 1. The Morgan fingerprint density at radius 3 is 2.86 bits per heavy atom. The molecule has 2 rings (SSSR count). The first kappa shape index (κ1) is 16.8. The van der Waals surface area contributed by atoms with Crippen LogP contribution in [0.3, 0.4) is 0 Å². The molecule has 2 N–H and O–H groups in total. The molecule has 1 aliphatic heterocycles. The molecule has 1 aromatic rings. The highest BCUT2D eigenvalue weighted by Crippen LogP contribution is 2.35. The molecule has 0 radical (unpaired) electrons. The molecule has 0 fully saturated rings. The normalized spacial score (nSPS) is 20.4. The fraction of sp³-hybridized carbons (Fsp3) is 0.562. The van der Waals surface area contributed by atoms with Gasteiger partial charge in [0.2, 0.25) is 0 Å².